The van der Waals surface area contributed by atoms with E-state index in [4.69, 9.17) is 17.0 Å². The summed E-state index contributed by atoms with van der Waals surface area (Å²) >= 11 is 5.07. The summed E-state index contributed by atoms with van der Waals surface area (Å²) in [6.07, 6.45) is 2.74. The number of ether oxygens (including phenoxy) is 1. The molecule has 3 rings (SSSR count). The van der Waals surface area contributed by atoms with Crippen molar-refractivity contribution in [1.82, 2.24) is 9.55 Å². The van der Waals surface area contributed by atoms with Crippen molar-refractivity contribution in [1.29, 1.82) is 0 Å². The molecule has 1 aromatic heterocycles. The maximum Gasteiger partial charge on any atom is 0.359 e. The molecular formula is C17H14N4O4S. The van der Waals surface area contributed by atoms with Crippen LogP contribution in [0.5, 0.6) is 0 Å². The lowest BCUT2D eigenvalue weighted by atomic mass is 10.1. The van der Waals surface area contributed by atoms with Gasteiger partial charge in [-0.1, -0.05) is 18.2 Å². The third kappa shape index (κ3) is 3.38. The third-order valence-electron chi connectivity index (χ3n) is 3.47. The van der Waals surface area contributed by atoms with Crippen LogP contribution in [0.1, 0.15) is 6.92 Å². The first-order valence-corrected chi connectivity index (χ1v) is 8.11. The van der Waals surface area contributed by atoms with Crippen LogP contribution in [-0.2, 0) is 14.3 Å². The predicted molar refractivity (Wildman–Crippen MR) is 98.2 cm³/mol. The van der Waals surface area contributed by atoms with Gasteiger partial charge >= 0.3 is 5.97 Å². The van der Waals surface area contributed by atoms with Gasteiger partial charge in [0, 0.05) is 18.5 Å². The van der Waals surface area contributed by atoms with E-state index >= 15 is 0 Å². The first-order chi connectivity index (χ1) is 12.5. The largest absolute Gasteiger partial charge is 0.461 e. The molecular weight excluding hydrogens is 356 g/mol. The number of anilines is 1. The number of hydrogen-bond acceptors (Lipinski definition) is 6. The molecule has 132 valence electrons. The Bertz CT molecular complexity index is 1040. The number of nitrogens with zero attached hydrogens (tertiary/aromatic N) is 3. The highest BCUT2D eigenvalue weighted by atomic mass is 32.1. The molecule has 1 aliphatic rings. The average molecular weight is 370 g/mol. The van der Waals surface area contributed by atoms with Crippen LogP contribution in [0.25, 0.3) is 6.20 Å². The Morgan fingerprint density at radius 1 is 1.27 bits per heavy atom. The minimum absolute atomic E-state index is 0.00968. The summed E-state index contributed by atoms with van der Waals surface area (Å²) in [7, 11) is 0. The Hall–Kier alpha value is -3.33. The zero-order chi connectivity index (χ0) is 18.7. The first-order valence-electron chi connectivity index (χ1n) is 7.70. The lowest BCUT2D eigenvalue weighted by Crippen LogP contribution is -2.23. The maximum absolute atomic E-state index is 12.8. The maximum atomic E-state index is 12.8. The molecule has 9 heteroatoms. The van der Waals surface area contributed by atoms with Crippen molar-refractivity contribution in [2.45, 2.75) is 6.92 Å². The molecule has 26 heavy (non-hydrogen) atoms. The van der Waals surface area contributed by atoms with Gasteiger partial charge in [0.05, 0.1) is 17.9 Å². The monoisotopic (exact) mass is 370 g/mol. The Balaban J connectivity index is 2.10. The fourth-order valence-electron chi connectivity index (χ4n) is 2.29. The number of esters is 1. The third-order valence-corrected chi connectivity index (χ3v) is 3.78. The van der Waals surface area contributed by atoms with Crippen molar-refractivity contribution in [3.63, 3.8) is 0 Å². The summed E-state index contributed by atoms with van der Waals surface area (Å²) in [4.78, 5) is 38.8. The number of aromatic amines is 1. The molecule has 1 amide bonds. The van der Waals surface area contributed by atoms with Crippen LogP contribution in [0.3, 0.4) is 0 Å². The quantitative estimate of drug-likeness (QED) is 0.502. The summed E-state index contributed by atoms with van der Waals surface area (Å²) < 4.78 is 6.43. The van der Waals surface area contributed by atoms with Crippen molar-refractivity contribution >= 4 is 41.7 Å². The zero-order valence-corrected chi connectivity index (χ0v) is 14.5. The lowest BCUT2D eigenvalue weighted by Gasteiger charge is -2.10. The van der Waals surface area contributed by atoms with Gasteiger partial charge in [-0.3, -0.25) is 19.1 Å². The van der Waals surface area contributed by atoms with Crippen LogP contribution in [0.15, 0.2) is 58.1 Å². The summed E-state index contributed by atoms with van der Waals surface area (Å²) in [5, 5.41) is 5.24. The van der Waals surface area contributed by atoms with Gasteiger partial charge in [-0.25, -0.2) is 4.79 Å². The number of carbonyl (C=O) groups is 2. The standard InChI is InChI=1S/C17H14N4O4S/c1-2-25-16(24)14-12(10-20-9-8-13(22)18-17(20)26)15(23)21(19-14)11-6-4-3-5-7-11/h3-10H,2H2,1H3,(H,18,22,26). The second kappa shape index (κ2) is 7.28. The van der Waals surface area contributed by atoms with E-state index in [1.54, 1.807) is 37.3 Å². The summed E-state index contributed by atoms with van der Waals surface area (Å²) in [6.45, 7) is 1.80. The van der Waals surface area contributed by atoms with Crippen LogP contribution < -0.4 is 10.6 Å². The van der Waals surface area contributed by atoms with Gasteiger partial charge in [-0.05, 0) is 31.3 Å². The minimum Gasteiger partial charge on any atom is -0.461 e. The van der Waals surface area contributed by atoms with Crippen molar-refractivity contribution in [2.75, 3.05) is 11.6 Å². The van der Waals surface area contributed by atoms with E-state index in [-0.39, 0.29) is 28.2 Å². The molecule has 0 unspecified atom stereocenters. The highest BCUT2D eigenvalue weighted by Gasteiger charge is 2.36. The summed E-state index contributed by atoms with van der Waals surface area (Å²) in [6, 6.07) is 9.94. The van der Waals surface area contributed by atoms with Crippen molar-refractivity contribution in [3.8, 4) is 0 Å². The van der Waals surface area contributed by atoms with Crippen LogP contribution in [0, 0.1) is 4.77 Å². The number of nitrogens with one attached hydrogen (secondary N) is 1. The Morgan fingerprint density at radius 3 is 2.65 bits per heavy atom. The van der Waals surface area contributed by atoms with Crippen LogP contribution in [-0.4, -0.2) is 33.7 Å². The smallest absolute Gasteiger partial charge is 0.359 e. The summed E-state index contributed by atoms with van der Waals surface area (Å²) in [5.41, 5.74) is 0.0182. The fraction of sp³-hybridized carbons (Fsp3) is 0.118. The molecule has 0 fully saturated rings. The molecule has 8 nitrogen and oxygen atoms in total. The van der Waals surface area contributed by atoms with E-state index in [1.807, 2.05) is 0 Å². The van der Waals surface area contributed by atoms with Gasteiger partial charge in [0.1, 0.15) is 0 Å². The van der Waals surface area contributed by atoms with Gasteiger partial charge in [-0.15, -0.1) is 0 Å². The molecule has 1 aromatic carbocycles. The second-order valence-corrected chi connectivity index (χ2v) is 5.57. The molecule has 1 N–H and O–H groups in total. The number of para-hydroxylation sites is 1. The van der Waals surface area contributed by atoms with Crippen molar-refractivity contribution < 1.29 is 14.3 Å². The number of hydrazone groups is 1. The molecule has 0 aliphatic carbocycles. The minimum atomic E-state index is -0.721. The van der Waals surface area contributed by atoms with Crippen molar-refractivity contribution in [3.05, 3.63) is 63.3 Å². The molecule has 2 aromatic rings. The molecule has 0 bridgehead atoms. The number of amides is 1. The Labute approximate surface area is 153 Å². The van der Waals surface area contributed by atoms with Gasteiger partial charge in [0.15, 0.2) is 10.5 Å². The summed E-state index contributed by atoms with van der Waals surface area (Å²) in [5.74, 6) is -1.23. The van der Waals surface area contributed by atoms with Gasteiger partial charge in [0.25, 0.3) is 11.5 Å². The van der Waals surface area contributed by atoms with Crippen molar-refractivity contribution in [2.24, 2.45) is 5.10 Å². The number of carbonyl (C=O) groups excluding carboxylic acids is 2. The molecule has 0 saturated carbocycles. The van der Waals surface area contributed by atoms with E-state index < -0.39 is 11.9 Å². The number of benzene rings is 1. The SMILES string of the molecule is CCOC(=O)C1=NN(c2ccccc2)C(=O)C1=Cn1ccc(=O)[nH]c1=S. The molecule has 0 atom stereocenters. The molecule has 1 aliphatic heterocycles. The molecule has 0 saturated heterocycles. The Kier molecular flexibility index (Phi) is 4.90. The van der Waals surface area contributed by atoms with Crippen LogP contribution >= 0.6 is 12.2 Å². The number of rotatable bonds is 4. The van der Waals surface area contributed by atoms with E-state index in [0.717, 1.165) is 5.01 Å². The topological polar surface area (TPSA) is 96.8 Å². The van der Waals surface area contributed by atoms with E-state index in [2.05, 4.69) is 10.1 Å². The second-order valence-electron chi connectivity index (χ2n) is 5.18. The molecule has 0 spiro atoms. The Morgan fingerprint density at radius 2 is 2.00 bits per heavy atom. The van der Waals surface area contributed by atoms with E-state index in [0.29, 0.717) is 5.69 Å². The normalized spacial score (nSPS) is 15.3. The highest BCUT2D eigenvalue weighted by molar-refractivity contribution is 7.71. The van der Waals surface area contributed by atoms with Gasteiger partial charge in [-0.2, -0.15) is 10.1 Å². The molecule has 0 radical (unpaired) electrons. The molecule has 2 heterocycles. The number of aromatic nitrogens is 2. The van der Waals surface area contributed by atoms with E-state index in [1.165, 1.54) is 23.0 Å². The van der Waals surface area contributed by atoms with Crippen LogP contribution in [0.4, 0.5) is 5.69 Å². The lowest BCUT2D eigenvalue weighted by molar-refractivity contribution is -0.135. The van der Waals surface area contributed by atoms with Crippen LogP contribution in [0.2, 0.25) is 0 Å². The highest BCUT2D eigenvalue weighted by Crippen LogP contribution is 2.24. The zero-order valence-electron chi connectivity index (χ0n) is 13.7. The fourth-order valence-corrected chi connectivity index (χ4v) is 2.51. The number of H-pyrrole nitrogens is 1. The number of hydrogen-bond donors (Lipinski definition) is 1. The van der Waals surface area contributed by atoms with Gasteiger partial charge in [0.2, 0.25) is 0 Å². The first kappa shape index (κ1) is 17.5. The van der Waals surface area contributed by atoms with Gasteiger partial charge < -0.3 is 4.74 Å². The average Bonchev–Trinajstić information content (AvgIpc) is 2.95. The predicted octanol–water partition coefficient (Wildman–Crippen LogP) is 1.71. The van der Waals surface area contributed by atoms with E-state index in [9.17, 15) is 14.4 Å².